The van der Waals surface area contributed by atoms with Crippen molar-refractivity contribution in [2.75, 3.05) is 26.2 Å². The van der Waals surface area contributed by atoms with Crippen LogP contribution in [-0.4, -0.2) is 37.2 Å². The summed E-state index contributed by atoms with van der Waals surface area (Å²) in [4.78, 5) is 2.30. The molecular formula is C13H18BrFN2O. The summed E-state index contributed by atoms with van der Waals surface area (Å²) in [6.45, 7) is 5.02. The van der Waals surface area contributed by atoms with Crippen LogP contribution in [0.3, 0.4) is 0 Å². The van der Waals surface area contributed by atoms with Crippen molar-refractivity contribution in [3.8, 4) is 0 Å². The number of benzene rings is 1. The molecule has 2 rings (SSSR count). The number of rotatable bonds is 3. The summed E-state index contributed by atoms with van der Waals surface area (Å²) >= 11 is 3.22. The summed E-state index contributed by atoms with van der Waals surface area (Å²) in [6.07, 6.45) is 0.219. The smallest absolute Gasteiger partial charge is 0.137 e. The second-order valence-electron chi connectivity index (χ2n) is 4.60. The summed E-state index contributed by atoms with van der Waals surface area (Å²) in [5, 5.41) is 0. The number of ether oxygens (including phenoxy) is 1. The van der Waals surface area contributed by atoms with Crippen molar-refractivity contribution in [1.82, 2.24) is 4.90 Å². The van der Waals surface area contributed by atoms with Crippen molar-refractivity contribution in [3.05, 3.63) is 34.1 Å². The Hall–Kier alpha value is -0.490. The van der Waals surface area contributed by atoms with E-state index in [-0.39, 0.29) is 18.0 Å². The summed E-state index contributed by atoms with van der Waals surface area (Å²) < 4.78 is 19.3. The largest absolute Gasteiger partial charge is 0.376 e. The van der Waals surface area contributed by atoms with Crippen molar-refractivity contribution in [2.24, 2.45) is 5.73 Å². The molecule has 1 saturated heterocycles. The van der Waals surface area contributed by atoms with Crippen LogP contribution in [-0.2, 0) is 4.74 Å². The van der Waals surface area contributed by atoms with Crippen LogP contribution in [0.1, 0.15) is 18.5 Å². The highest BCUT2D eigenvalue weighted by Gasteiger charge is 2.24. The first-order valence-electron chi connectivity index (χ1n) is 6.12. The van der Waals surface area contributed by atoms with Gasteiger partial charge in [0, 0.05) is 25.7 Å². The topological polar surface area (TPSA) is 38.5 Å². The first kappa shape index (κ1) is 13.9. The quantitative estimate of drug-likeness (QED) is 0.930. The molecule has 1 aliphatic heterocycles. The van der Waals surface area contributed by atoms with Gasteiger partial charge in [0.2, 0.25) is 0 Å². The van der Waals surface area contributed by atoms with Crippen molar-refractivity contribution >= 4 is 15.9 Å². The van der Waals surface area contributed by atoms with E-state index in [0.29, 0.717) is 11.0 Å². The summed E-state index contributed by atoms with van der Waals surface area (Å²) in [5.74, 6) is -0.245. The molecule has 2 N–H and O–H groups in total. The maximum atomic E-state index is 13.3. The van der Waals surface area contributed by atoms with E-state index in [1.165, 1.54) is 6.07 Å². The molecule has 5 heteroatoms. The van der Waals surface area contributed by atoms with Gasteiger partial charge < -0.3 is 10.5 Å². The van der Waals surface area contributed by atoms with E-state index in [4.69, 9.17) is 10.5 Å². The molecular weight excluding hydrogens is 299 g/mol. The maximum absolute atomic E-state index is 13.3. The fraction of sp³-hybridized carbons (Fsp3) is 0.538. The van der Waals surface area contributed by atoms with Crippen LogP contribution in [0, 0.1) is 5.82 Å². The van der Waals surface area contributed by atoms with E-state index in [2.05, 4.69) is 27.8 Å². The Morgan fingerprint density at radius 3 is 3.00 bits per heavy atom. The van der Waals surface area contributed by atoms with E-state index < -0.39 is 0 Å². The lowest BCUT2D eigenvalue weighted by Crippen LogP contribution is -2.45. The predicted molar refractivity (Wildman–Crippen MR) is 72.9 cm³/mol. The lowest BCUT2D eigenvalue weighted by Gasteiger charge is -2.37. The maximum Gasteiger partial charge on any atom is 0.137 e. The Bertz CT molecular complexity index is 416. The Morgan fingerprint density at radius 2 is 2.39 bits per heavy atom. The molecule has 3 nitrogen and oxygen atoms in total. The molecule has 0 amide bonds. The van der Waals surface area contributed by atoms with Gasteiger partial charge in [0.1, 0.15) is 5.82 Å². The molecule has 0 radical (unpaired) electrons. The molecule has 1 fully saturated rings. The summed E-state index contributed by atoms with van der Waals surface area (Å²) in [6, 6.07) is 5.21. The zero-order chi connectivity index (χ0) is 13.1. The molecule has 1 aromatic rings. The van der Waals surface area contributed by atoms with Gasteiger partial charge in [0.25, 0.3) is 0 Å². The molecule has 2 atom stereocenters. The number of morpholine rings is 1. The van der Waals surface area contributed by atoms with E-state index >= 15 is 0 Å². The molecule has 1 aromatic carbocycles. The Balaban J connectivity index is 2.18. The van der Waals surface area contributed by atoms with Crippen molar-refractivity contribution in [2.45, 2.75) is 19.1 Å². The van der Waals surface area contributed by atoms with Crippen LogP contribution >= 0.6 is 15.9 Å². The fourth-order valence-electron chi connectivity index (χ4n) is 2.34. The zero-order valence-electron chi connectivity index (χ0n) is 10.4. The first-order valence-corrected chi connectivity index (χ1v) is 6.91. The normalized spacial score (nSPS) is 23.0. The van der Waals surface area contributed by atoms with Crippen molar-refractivity contribution in [1.29, 1.82) is 0 Å². The fourth-order valence-corrected chi connectivity index (χ4v) is 2.74. The highest BCUT2D eigenvalue weighted by molar-refractivity contribution is 9.10. The van der Waals surface area contributed by atoms with Crippen LogP contribution in [0.25, 0.3) is 0 Å². The van der Waals surface area contributed by atoms with Crippen LogP contribution in [0.5, 0.6) is 0 Å². The van der Waals surface area contributed by atoms with Gasteiger partial charge in [-0.1, -0.05) is 6.07 Å². The zero-order valence-corrected chi connectivity index (χ0v) is 12.0. The number of halogens is 2. The van der Waals surface area contributed by atoms with Crippen molar-refractivity contribution < 1.29 is 9.13 Å². The van der Waals surface area contributed by atoms with Crippen LogP contribution < -0.4 is 5.73 Å². The Labute approximate surface area is 115 Å². The minimum atomic E-state index is -0.245. The van der Waals surface area contributed by atoms with Gasteiger partial charge in [-0.3, -0.25) is 4.90 Å². The highest BCUT2D eigenvalue weighted by Crippen LogP contribution is 2.26. The van der Waals surface area contributed by atoms with E-state index in [9.17, 15) is 4.39 Å². The second-order valence-corrected chi connectivity index (χ2v) is 5.46. The minimum Gasteiger partial charge on any atom is -0.376 e. The SMILES string of the molecule is CC1CN(C(CN)c2ccc(F)c(Br)c2)CCO1. The van der Waals surface area contributed by atoms with Gasteiger partial charge in [-0.15, -0.1) is 0 Å². The molecule has 0 saturated carbocycles. The molecule has 100 valence electrons. The molecule has 2 unspecified atom stereocenters. The Morgan fingerprint density at radius 1 is 1.61 bits per heavy atom. The molecule has 0 aromatic heterocycles. The average molecular weight is 317 g/mol. The lowest BCUT2D eigenvalue weighted by atomic mass is 10.0. The third-order valence-electron chi connectivity index (χ3n) is 3.26. The summed E-state index contributed by atoms with van der Waals surface area (Å²) in [5.41, 5.74) is 6.92. The first-order chi connectivity index (χ1) is 8.61. The standard InChI is InChI=1S/C13H18BrFN2O/c1-9-8-17(4-5-18-9)13(7-16)10-2-3-12(15)11(14)6-10/h2-3,6,9,13H,4-5,7-8,16H2,1H3. The second kappa shape index (κ2) is 6.10. The van der Waals surface area contributed by atoms with Gasteiger partial charge >= 0.3 is 0 Å². The molecule has 0 bridgehead atoms. The number of hydrogen-bond acceptors (Lipinski definition) is 3. The van der Waals surface area contributed by atoms with Gasteiger partial charge in [0.15, 0.2) is 0 Å². The van der Waals surface area contributed by atoms with Gasteiger partial charge in [-0.25, -0.2) is 4.39 Å². The van der Waals surface area contributed by atoms with Crippen LogP contribution in [0.4, 0.5) is 4.39 Å². The number of nitrogens with two attached hydrogens (primary N) is 1. The third-order valence-corrected chi connectivity index (χ3v) is 3.87. The average Bonchev–Trinajstić information content (AvgIpc) is 2.35. The van der Waals surface area contributed by atoms with Gasteiger partial charge in [-0.2, -0.15) is 0 Å². The molecule has 1 aliphatic rings. The Kier molecular flexibility index (Phi) is 4.72. The van der Waals surface area contributed by atoms with Crippen LogP contribution in [0.15, 0.2) is 22.7 Å². The van der Waals surface area contributed by atoms with Gasteiger partial charge in [0.05, 0.1) is 17.2 Å². The lowest BCUT2D eigenvalue weighted by molar-refractivity contribution is -0.0333. The molecule has 0 spiro atoms. The summed E-state index contributed by atoms with van der Waals surface area (Å²) in [7, 11) is 0. The van der Waals surface area contributed by atoms with E-state index in [1.54, 1.807) is 6.07 Å². The van der Waals surface area contributed by atoms with Gasteiger partial charge in [-0.05, 0) is 40.5 Å². The molecule has 0 aliphatic carbocycles. The van der Waals surface area contributed by atoms with Crippen molar-refractivity contribution in [3.63, 3.8) is 0 Å². The number of nitrogens with zero attached hydrogens (tertiary/aromatic N) is 1. The molecule has 18 heavy (non-hydrogen) atoms. The predicted octanol–water partition coefficient (Wildman–Crippen LogP) is 2.31. The number of hydrogen-bond donors (Lipinski definition) is 1. The van der Waals surface area contributed by atoms with E-state index in [1.807, 2.05) is 6.07 Å². The third kappa shape index (κ3) is 3.09. The highest BCUT2D eigenvalue weighted by atomic mass is 79.9. The minimum absolute atomic E-state index is 0.119. The monoisotopic (exact) mass is 316 g/mol. The molecule has 1 heterocycles. The van der Waals surface area contributed by atoms with Crippen LogP contribution in [0.2, 0.25) is 0 Å². The van der Waals surface area contributed by atoms with E-state index in [0.717, 1.165) is 25.3 Å².